The van der Waals surface area contributed by atoms with Gasteiger partial charge in [0, 0.05) is 48.2 Å². The van der Waals surface area contributed by atoms with E-state index in [1.807, 2.05) is 4.90 Å². The van der Waals surface area contributed by atoms with E-state index in [-0.39, 0.29) is 17.9 Å². The molecule has 4 aromatic rings. The molecule has 6 rings (SSSR count). The Morgan fingerprint density at radius 1 is 1.00 bits per heavy atom. The lowest BCUT2D eigenvalue weighted by Crippen LogP contribution is -2.56. The monoisotopic (exact) mass is 691 g/mol. The highest BCUT2D eigenvalue weighted by molar-refractivity contribution is 7.92. The quantitative estimate of drug-likeness (QED) is 0.156. The van der Waals surface area contributed by atoms with Crippen LogP contribution < -0.4 is 18.7 Å². The van der Waals surface area contributed by atoms with Crippen LogP contribution in [0.2, 0.25) is 0 Å². The Kier molecular flexibility index (Phi) is 10.1. The first-order valence-corrected chi connectivity index (χ1v) is 18.0. The van der Waals surface area contributed by atoms with Crippen LogP contribution in [0.25, 0.3) is 0 Å². The van der Waals surface area contributed by atoms with E-state index in [4.69, 9.17) is 9.47 Å². The van der Waals surface area contributed by atoms with E-state index in [0.29, 0.717) is 41.8 Å². The zero-order chi connectivity index (χ0) is 34.8. The van der Waals surface area contributed by atoms with Crippen LogP contribution in [0.15, 0.2) is 78.1 Å². The molecular formula is C37H43F2N5O4S. The molecule has 1 saturated heterocycles. The zero-order valence-electron chi connectivity index (χ0n) is 28.4. The molecule has 0 radical (unpaired) electrons. The number of rotatable bonds is 13. The molecule has 0 amide bonds. The number of piperidine rings is 1. The highest BCUT2D eigenvalue weighted by Crippen LogP contribution is 2.41. The van der Waals surface area contributed by atoms with Crippen LogP contribution in [0.1, 0.15) is 54.7 Å². The summed E-state index contributed by atoms with van der Waals surface area (Å²) in [4.78, 5) is 11.1. The average Bonchev–Trinajstić information content (AvgIpc) is 3.96. The number of halogens is 2. The number of ether oxygens (including phenoxy) is 2. The Bertz CT molecular complexity index is 1870. The number of anilines is 2. The Balaban J connectivity index is 1.28. The number of nitrogens with zero attached hydrogens (tertiary/aromatic N) is 5. The highest BCUT2D eigenvalue weighted by Gasteiger charge is 2.39. The van der Waals surface area contributed by atoms with Gasteiger partial charge in [0.1, 0.15) is 35.3 Å². The predicted molar refractivity (Wildman–Crippen MR) is 186 cm³/mol. The summed E-state index contributed by atoms with van der Waals surface area (Å²) in [6.07, 6.45) is 8.59. The van der Waals surface area contributed by atoms with Crippen LogP contribution >= 0.6 is 0 Å². The van der Waals surface area contributed by atoms with Gasteiger partial charge in [-0.2, -0.15) is 0 Å². The summed E-state index contributed by atoms with van der Waals surface area (Å²) < 4.78 is 72.1. The Hall–Kier alpha value is -4.29. The van der Waals surface area contributed by atoms with Gasteiger partial charge in [-0.05, 0) is 93.9 Å². The van der Waals surface area contributed by atoms with Crippen molar-refractivity contribution in [1.29, 1.82) is 0 Å². The molecule has 1 aliphatic carbocycles. The first kappa shape index (κ1) is 34.6. The molecule has 2 heterocycles. The fraction of sp³-hybridized carbons (Fsp3) is 0.405. The number of hydrogen-bond acceptors (Lipinski definition) is 8. The van der Waals surface area contributed by atoms with Gasteiger partial charge >= 0.3 is 0 Å². The lowest BCUT2D eigenvalue weighted by atomic mass is 9.82. The van der Waals surface area contributed by atoms with Crippen molar-refractivity contribution in [3.63, 3.8) is 0 Å². The van der Waals surface area contributed by atoms with Gasteiger partial charge in [0.2, 0.25) is 0 Å². The Labute approximate surface area is 287 Å². The fourth-order valence-electron chi connectivity index (χ4n) is 6.86. The highest BCUT2D eigenvalue weighted by atomic mass is 32.2. The van der Waals surface area contributed by atoms with Crippen molar-refractivity contribution in [2.45, 2.75) is 61.4 Å². The Morgan fingerprint density at radius 2 is 1.78 bits per heavy atom. The molecule has 9 nitrogen and oxygen atoms in total. The van der Waals surface area contributed by atoms with Gasteiger partial charge in [0.05, 0.1) is 20.8 Å². The predicted octanol–water partition coefficient (Wildman–Crippen LogP) is 6.58. The van der Waals surface area contributed by atoms with Gasteiger partial charge < -0.3 is 19.3 Å². The summed E-state index contributed by atoms with van der Waals surface area (Å²) in [6, 6.07) is 17.4. The number of hydrogen-bond donors (Lipinski definition) is 0. The zero-order valence-corrected chi connectivity index (χ0v) is 29.2. The largest absolute Gasteiger partial charge is 0.497 e. The van der Waals surface area contributed by atoms with E-state index in [0.717, 1.165) is 42.1 Å². The smallest absolute Gasteiger partial charge is 0.271 e. The lowest BCUT2D eigenvalue weighted by molar-refractivity contribution is 0.116. The van der Waals surface area contributed by atoms with Gasteiger partial charge in [0.15, 0.2) is 4.90 Å². The van der Waals surface area contributed by atoms with E-state index >= 15 is 8.78 Å². The standard InChI is InChI=1S/C37H43F2N5O4S/c1-42(2)37(16-13-26-7-5-8-28(19-26)27-9-10-27)15-6-18-43(24-37)30-20-32(38)36(33(39)21-30)49(45,46)44(35-14-17-40-25-41-35)23-29-11-12-31(47-3)22-34(29)48-4/h5,7-8,11-12,14,17,19-22,25,27H,6,9-10,13,15-16,18,23-24H2,1-4H3/t37-/m0/s1. The molecule has 3 aromatic carbocycles. The molecule has 2 fully saturated rings. The Morgan fingerprint density at radius 3 is 2.43 bits per heavy atom. The molecule has 0 unspecified atom stereocenters. The minimum absolute atomic E-state index is 0.0507. The maximum atomic E-state index is 16.1. The normalized spacial score (nSPS) is 18.1. The summed E-state index contributed by atoms with van der Waals surface area (Å²) in [5, 5.41) is 0. The summed E-state index contributed by atoms with van der Waals surface area (Å²) in [5.41, 5.74) is 3.22. The lowest BCUT2D eigenvalue weighted by Gasteiger charge is -2.48. The van der Waals surface area contributed by atoms with E-state index in [1.54, 1.807) is 18.2 Å². The van der Waals surface area contributed by atoms with E-state index in [9.17, 15) is 8.42 Å². The maximum absolute atomic E-state index is 16.1. The van der Waals surface area contributed by atoms with Crippen molar-refractivity contribution in [2.24, 2.45) is 0 Å². The number of benzene rings is 3. The second kappa shape index (κ2) is 14.3. The van der Waals surface area contributed by atoms with Gasteiger partial charge in [-0.3, -0.25) is 0 Å². The molecule has 12 heteroatoms. The minimum atomic E-state index is -4.80. The fourth-order valence-corrected chi connectivity index (χ4v) is 8.36. The van der Waals surface area contributed by atoms with Crippen LogP contribution in [-0.2, 0) is 23.0 Å². The third-order valence-corrected chi connectivity index (χ3v) is 11.7. The third-order valence-electron chi connectivity index (χ3n) is 9.91. The molecule has 1 aliphatic heterocycles. The summed E-state index contributed by atoms with van der Waals surface area (Å²) >= 11 is 0. The first-order chi connectivity index (χ1) is 23.5. The molecule has 49 heavy (non-hydrogen) atoms. The molecule has 1 saturated carbocycles. The van der Waals surface area contributed by atoms with Crippen molar-refractivity contribution in [3.05, 3.63) is 102 Å². The molecule has 260 valence electrons. The van der Waals surface area contributed by atoms with Crippen molar-refractivity contribution in [2.75, 3.05) is 50.6 Å². The van der Waals surface area contributed by atoms with Gasteiger partial charge in [0.25, 0.3) is 10.0 Å². The average molecular weight is 692 g/mol. The van der Waals surface area contributed by atoms with Crippen molar-refractivity contribution in [3.8, 4) is 11.5 Å². The van der Waals surface area contributed by atoms with Crippen LogP contribution in [0.5, 0.6) is 11.5 Å². The second-order valence-corrected chi connectivity index (χ2v) is 15.0. The summed E-state index contributed by atoms with van der Waals surface area (Å²) in [5.74, 6) is -0.867. The second-order valence-electron chi connectivity index (χ2n) is 13.2. The van der Waals surface area contributed by atoms with E-state index in [1.165, 1.54) is 56.8 Å². The number of aryl methyl sites for hydroxylation is 1. The third kappa shape index (κ3) is 7.35. The van der Waals surface area contributed by atoms with Crippen LogP contribution in [-0.4, -0.2) is 70.2 Å². The number of likely N-dealkylation sites (N-methyl/N-ethyl adjacent to an activating group) is 1. The SMILES string of the molecule is COc1ccc(CN(c2ccncn2)S(=O)(=O)c2c(F)cc(N3CCC[C@@](CCc4cccc(C5CC5)c4)(N(C)C)C3)cc2F)c(OC)c1. The topological polar surface area (TPSA) is 88.1 Å². The number of methoxy groups -OCH3 is 2. The molecule has 0 spiro atoms. The van der Waals surface area contributed by atoms with Crippen molar-refractivity contribution >= 4 is 21.5 Å². The van der Waals surface area contributed by atoms with Gasteiger partial charge in [-0.15, -0.1) is 0 Å². The molecule has 1 atom stereocenters. The van der Waals surface area contributed by atoms with Gasteiger partial charge in [-0.25, -0.2) is 31.5 Å². The molecule has 0 N–H and O–H groups in total. The number of aromatic nitrogens is 2. The summed E-state index contributed by atoms with van der Waals surface area (Å²) in [6.45, 7) is 0.841. The molecular weight excluding hydrogens is 649 g/mol. The van der Waals surface area contributed by atoms with Crippen LogP contribution in [0.3, 0.4) is 0 Å². The van der Waals surface area contributed by atoms with E-state index in [2.05, 4.69) is 53.2 Å². The summed E-state index contributed by atoms with van der Waals surface area (Å²) in [7, 11) is 2.25. The molecule has 1 aromatic heterocycles. The van der Waals surface area contributed by atoms with Crippen molar-refractivity contribution in [1.82, 2.24) is 14.9 Å². The number of sulfonamides is 1. The minimum Gasteiger partial charge on any atom is -0.497 e. The van der Waals surface area contributed by atoms with Crippen LogP contribution in [0, 0.1) is 11.6 Å². The van der Waals surface area contributed by atoms with Crippen molar-refractivity contribution < 1.29 is 26.7 Å². The van der Waals surface area contributed by atoms with E-state index < -0.39 is 26.6 Å². The molecule has 0 bridgehead atoms. The first-order valence-electron chi connectivity index (χ1n) is 16.5. The van der Waals surface area contributed by atoms with Gasteiger partial charge in [-0.1, -0.05) is 24.3 Å². The molecule has 2 aliphatic rings. The maximum Gasteiger partial charge on any atom is 0.271 e. The van der Waals surface area contributed by atoms with Crippen LogP contribution in [0.4, 0.5) is 20.3 Å².